The number of benzene rings is 1. The summed E-state index contributed by atoms with van der Waals surface area (Å²) in [6.07, 6.45) is -1.70. The maximum absolute atomic E-state index is 13.8. The molecule has 0 aliphatic carbocycles. The van der Waals surface area contributed by atoms with Gasteiger partial charge in [0.15, 0.2) is 11.9 Å². The molecular weight excluding hydrogens is 397 g/mol. The van der Waals surface area contributed by atoms with Crippen LogP contribution in [-0.4, -0.2) is 70.0 Å². The summed E-state index contributed by atoms with van der Waals surface area (Å²) in [4.78, 5) is 11.8. The number of halogens is 1. The van der Waals surface area contributed by atoms with Crippen molar-refractivity contribution in [2.45, 2.75) is 57.0 Å². The van der Waals surface area contributed by atoms with E-state index in [9.17, 15) is 14.3 Å². The minimum atomic E-state index is -1.24. The molecule has 0 radical (unpaired) electrons. The van der Waals surface area contributed by atoms with Crippen molar-refractivity contribution in [1.82, 2.24) is 15.0 Å². The zero-order valence-electron chi connectivity index (χ0n) is 17.1. The first-order valence-electron chi connectivity index (χ1n) is 9.61. The Labute approximate surface area is 172 Å². The summed E-state index contributed by atoms with van der Waals surface area (Å²) in [6.45, 7) is 5.50. The molecule has 1 aromatic heterocycles. The van der Waals surface area contributed by atoms with E-state index in [-0.39, 0.29) is 12.4 Å². The number of carboxylic acid groups (broad SMARTS) is 1. The fourth-order valence-electron chi connectivity index (χ4n) is 4.06. The number of carbonyl (C=O) groups is 1. The fraction of sp³-hybridized carbons (Fsp3) is 0.550. The summed E-state index contributed by atoms with van der Waals surface area (Å²) in [5.41, 5.74) is 1.77. The van der Waals surface area contributed by atoms with Gasteiger partial charge in [0.1, 0.15) is 35.9 Å². The lowest BCUT2D eigenvalue weighted by Crippen LogP contribution is -2.64. The van der Waals surface area contributed by atoms with E-state index < -0.39 is 42.2 Å². The number of aromatic nitrogens is 3. The highest BCUT2D eigenvalue weighted by molar-refractivity contribution is 5.73. The summed E-state index contributed by atoms with van der Waals surface area (Å²) in [6, 6.07) is 3.95. The van der Waals surface area contributed by atoms with E-state index in [0.717, 1.165) is 5.56 Å². The van der Waals surface area contributed by atoms with Gasteiger partial charge in [-0.3, -0.25) is 0 Å². The molecule has 30 heavy (non-hydrogen) atoms. The Morgan fingerprint density at radius 2 is 2.13 bits per heavy atom. The molecule has 1 N–H and O–H groups in total. The second-order valence-corrected chi connectivity index (χ2v) is 8.02. The number of nitrogens with zero attached hydrogens (tertiary/aromatic N) is 3. The SMILES string of the molecule is CO[C@@H]1[C@@H](n2cc(-c3cc(C)cc(F)c3)nn2)[C@H]2OC(C)(C)OC[C@H]2O[C@H]1C(=O)O. The van der Waals surface area contributed by atoms with Gasteiger partial charge >= 0.3 is 5.97 Å². The lowest BCUT2D eigenvalue weighted by molar-refractivity contribution is -0.347. The Kier molecular flexibility index (Phi) is 5.35. The van der Waals surface area contributed by atoms with Crippen LogP contribution in [0.3, 0.4) is 0 Å². The number of carboxylic acids is 1. The standard InChI is InChI=1S/C20H24FN3O6/c1-10-5-11(7-12(21)6-10)13-8-24(23-22-13)15-16-14(9-28-20(2,3)30-16)29-18(19(25)26)17(15)27-4/h5-8,14-18H,9H2,1-4H3,(H,25,26)/t14-,15+,16+,17-,18-/m1/s1. The van der Waals surface area contributed by atoms with Crippen LogP contribution in [0.2, 0.25) is 0 Å². The van der Waals surface area contributed by atoms with Gasteiger partial charge in [0, 0.05) is 12.7 Å². The molecule has 2 fully saturated rings. The fourth-order valence-corrected chi connectivity index (χ4v) is 4.06. The zero-order chi connectivity index (χ0) is 21.6. The molecule has 2 aliphatic heterocycles. The maximum atomic E-state index is 13.8. The third-order valence-corrected chi connectivity index (χ3v) is 5.34. The van der Waals surface area contributed by atoms with Crippen LogP contribution in [0.1, 0.15) is 25.5 Å². The van der Waals surface area contributed by atoms with Crippen molar-refractivity contribution >= 4 is 5.97 Å². The Bertz CT molecular complexity index is 928. The molecule has 0 saturated carbocycles. The highest BCUT2D eigenvalue weighted by atomic mass is 19.1. The zero-order valence-corrected chi connectivity index (χ0v) is 17.1. The Hall–Kier alpha value is -2.40. The third kappa shape index (κ3) is 3.83. The van der Waals surface area contributed by atoms with Crippen LogP contribution in [-0.2, 0) is 23.7 Å². The normalized spacial score (nSPS) is 30.6. The second-order valence-electron chi connectivity index (χ2n) is 8.02. The van der Waals surface area contributed by atoms with Crippen molar-refractivity contribution in [3.8, 4) is 11.3 Å². The van der Waals surface area contributed by atoms with Crippen LogP contribution in [0.4, 0.5) is 4.39 Å². The first kappa shape index (κ1) is 20.9. The molecule has 10 heteroatoms. The average Bonchev–Trinajstić information content (AvgIpc) is 3.14. The molecule has 3 heterocycles. The van der Waals surface area contributed by atoms with Gasteiger partial charge in [-0.15, -0.1) is 5.10 Å². The quantitative estimate of drug-likeness (QED) is 0.799. The Morgan fingerprint density at radius 1 is 1.37 bits per heavy atom. The second kappa shape index (κ2) is 7.69. The molecule has 4 rings (SSSR count). The molecule has 0 unspecified atom stereocenters. The molecule has 0 amide bonds. The summed E-state index contributed by atoms with van der Waals surface area (Å²) in [7, 11) is 1.41. The molecule has 5 atom stereocenters. The monoisotopic (exact) mass is 421 g/mol. The highest BCUT2D eigenvalue weighted by Crippen LogP contribution is 2.39. The Balaban J connectivity index is 1.74. The third-order valence-electron chi connectivity index (χ3n) is 5.34. The molecular formula is C20H24FN3O6. The van der Waals surface area contributed by atoms with Crippen molar-refractivity contribution in [3.63, 3.8) is 0 Å². The summed E-state index contributed by atoms with van der Waals surface area (Å²) >= 11 is 0. The van der Waals surface area contributed by atoms with Gasteiger partial charge < -0.3 is 24.1 Å². The van der Waals surface area contributed by atoms with Crippen LogP contribution < -0.4 is 0 Å². The minimum absolute atomic E-state index is 0.166. The van der Waals surface area contributed by atoms with Gasteiger partial charge in [-0.05, 0) is 44.5 Å². The topological polar surface area (TPSA) is 105 Å². The molecule has 0 bridgehead atoms. The summed E-state index contributed by atoms with van der Waals surface area (Å²) in [5.74, 6) is -2.42. The number of aliphatic carboxylic acids is 1. The summed E-state index contributed by atoms with van der Waals surface area (Å²) in [5, 5.41) is 18.0. The van der Waals surface area contributed by atoms with E-state index in [1.54, 1.807) is 33.0 Å². The molecule has 0 spiro atoms. The van der Waals surface area contributed by atoms with Gasteiger partial charge in [-0.25, -0.2) is 13.9 Å². The molecule has 2 aliphatic rings. The minimum Gasteiger partial charge on any atom is -0.479 e. The first-order chi connectivity index (χ1) is 14.2. The number of ether oxygens (including phenoxy) is 4. The van der Waals surface area contributed by atoms with Gasteiger partial charge in [-0.2, -0.15) is 0 Å². The van der Waals surface area contributed by atoms with Crippen molar-refractivity contribution in [3.05, 3.63) is 35.8 Å². The number of hydrogen-bond acceptors (Lipinski definition) is 7. The van der Waals surface area contributed by atoms with Crippen molar-refractivity contribution in [2.24, 2.45) is 0 Å². The Morgan fingerprint density at radius 3 is 2.80 bits per heavy atom. The van der Waals surface area contributed by atoms with Crippen LogP contribution in [0.25, 0.3) is 11.3 Å². The summed E-state index contributed by atoms with van der Waals surface area (Å²) < 4.78 is 38.4. The van der Waals surface area contributed by atoms with Crippen molar-refractivity contribution in [1.29, 1.82) is 0 Å². The average molecular weight is 421 g/mol. The van der Waals surface area contributed by atoms with Gasteiger partial charge in [0.25, 0.3) is 0 Å². The number of rotatable bonds is 4. The van der Waals surface area contributed by atoms with Gasteiger partial charge in [0.05, 0.1) is 12.8 Å². The lowest BCUT2D eigenvalue weighted by atomic mass is 9.91. The van der Waals surface area contributed by atoms with Crippen molar-refractivity contribution in [2.75, 3.05) is 13.7 Å². The molecule has 9 nitrogen and oxygen atoms in total. The van der Waals surface area contributed by atoms with Gasteiger partial charge in [-0.1, -0.05) is 5.21 Å². The van der Waals surface area contributed by atoms with E-state index >= 15 is 0 Å². The van der Waals surface area contributed by atoms with Gasteiger partial charge in [0.2, 0.25) is 0 Å². The van der Waals surface area contributed by atoms with Crippen LogP contribution in [0.5, 0.6) is 0 Å². The number of aryl methyl sites for hydroxylation is 1. The molecule has 162 valence electrons. The molecule has 1 aromatic carbocycles. The van der Waals surface area contributed by atoms with Crippen LogP contribution in [0, 0.1) is 12.7 Å². The van der Waals surface area contributed by atoms with Crippen molar-refractivity contribution < 1.29 is 33.2 Å². The molecule has 2 aromatic rings. The van der Waals surface area contributed by atoms with Crippen LogP contribution >= 0.6 is 0 Å². The van der Waals surface area contributed by atoms with E-state index in [1.165, 1.54) is 23.9 Å². The smallest absolute Gasteiger partial charge is 0.335 e. The number of methoxy groups -OCH3 is 1. The predicted molar refractivity (Wildman–Crippen MR) is 101 cm³/mol. The van der Waals surface area contributed by atoms with E-state index in [4.69, 9.17) is 18.9 Å². The van der Waals surface area contributed by atoms with Crippen LogP contribution in [0.15, 0.2) is 24.4 Å². The number of fused-ring (bicyclic) bond motifs is 1. The maximum Gasteiger partial charge on any atom is 0.335 e. The first-order valence-corrected chi connectivity index (χ1v) is 9.61. The largest absolute Gasteiger partial charge is 0.479 e. The predicted octanol–water partition coefficient (Wildman–Crippen LogP) is 1.95. The van der Waals surface area contributed by atoms with E-state index in [2.05, 4.69) is 10.3 Å². The van der Waals surface area contributed by atoms with E-state index in [0.29, 0.717) is 11.3 Å². The highest BCUT2D eigenvalue weighted by Gasteiger charge is 2.54. The molecule has 2 saturated heterocycles. The number of hydrogen-bond donors (Lipinski definition) is 1. The van der Waals surface area contributed by atoms with E-state index in [1.807, 2.05) is 0 Å². The lowest BCUT2D eigenvalue weighted by Gasteiger charge is -2.50.